The van der Waals surface area contributed by atoms with Gasteiger partial charge in [0.25, 0.3) is 11.8 Å². The molecule has 96 valence electrons. The number of carbonyl (C=O) groups is 3. The fourth-order valence-corrected chi connectivity index (χ4v) is 0.978. The maximum Gasteiger partial charge on any atom is 0.304 e. The predicted molar refractivity (Wildman–Crippen MR) is 62.3 cm³/mol. The van der Waals surface area contributed by atoms with Crippen LogP contribution in [0.5, 0.6) is 0 Å². The van der Waals surface area contributed by atoms with E-state index in [1.807, 2.05) is 5.32 Å². The summed E-state index contributed by atoms with van der Waals surface area (Å²) >= 11 is 0. The van der Waals surface area contributed by atoms with Gasteiger partial charge in [-0.1, -0.05) is 13.3 Å². The molecule has 1 heterocycles. The van der Waals surface area contributed by atoms with Crippen LogP contribution in [0.3, 0.4) is 0 Å². The molecule has 0 aliphatic carbocycles. The molecule has 0 unspecified atom stereocenters. The normalized spacial score (nSPS) is 13.0. The van der Waals surface area contributed by atoms with Crippen molar-refractivity contribution in [3.63, 3.8) is 0 Å². The summed E-state index contributed by atoms with van der Waals surface area (Å²) in [7, 11) is 0. The van der Waals surface area contributed by atoms with Gasteiger partial charge in [-0.05, 0) is 13.0 Å². The Bertz CT molecular complexity index is 284. The molecule has 0 aromatic carbocycles. The summed E-state index contributed by atoms with van der Waals surface area (Å²) in [6, 6.07) is 0. The van der Waals surface area contributed by atoms with Crippen molar-refractivity contribution < 1.29 is 19.5 Å². The third-order valence-electron chi connectivity index (χ3n) is 1.86. The molecule has 0 bridgehead atoms. The zero-order valence-corrected chi connectivity index (χ0v) is 9.86. The summed E-state index contributed by atoms with van der Waals surface area (Å²) in [5.74, 6) is -1.39. The van der Waals surface area contributed by atoms with Crippen LogP contribution >= 0.6 is 0 Å². The van der Waals surface area contributed by atoms with Crippen LogP contribution in [-0.4, -0.2) is 36.0 Å². The van der Waals surface area contributed by atoms with Crippen LogP contribution in [-0.2, 0) is 14.4 Å². The molecule has 1 aliphatic rings. The summed E-state index contributed by atoms with van der Waals surface area (Å²) < 4.78 is 0. The second-order valence-corrected chi connectivity index (χ2v) is 3.43. The number of imide groups is 1. The summed E-state index contributed by atoms with van der Waals surface area (Å²) in [6.07, 6.45) is 4.90. The molecule has 17 heavy (non-hydrogen) atoms. The number of unbranched alkanes of at least 4 members (excludes halogenated alkanes) is 1. The first-order valence-corrected chi connectivity index (χ1v) is 5.51. The van der Waals surface area contributed by atoms with E-state index in [0.717, 1.165) is 19.4 Å². The topological polar surface area (TPSA) is 95.5 Å². The third kappa shape index (κ3) is 10.6. The van der Waals surface area contributed by atoms with Gasteiger partial charge in [-0.3, -0.25) is 19.7 Å². The van der Waals surface area contributed by atoms with Crippen LogP contribution < -0.4 is 10.6 Å². The van der Waals surface area contributed by atoms with Gasteiger partial charge in [0.15, 0.2) is 0 Å². The fraction of sp³-hybridized carbons (Fsp3) is 0.545. The molecule has 1 aliphatic heterocycles. The molecule has 0 atom stereocenters. The Kier molecular flexibility index (Phi) is 8.58. The van der Waals surface area contributed by atoms with Gasteiger partial charge in [0.05, 0.1) is 6.42 Å². The quantitative estimate of drug-likeness (QED) is 0.452. The highest BCUT2D eigenvalue weighted by molar-refractivity contribution is 6.12. The van der Waals surface area contributed by atoms with Gasteiger partial charge in [-0.25, -0.2) is 0 Å². The first kappa shape index (κ1) is 15.3. The minimum absolute atomic E-state index is 0.226. The van der Waals surface area contributed by atoms with Gasteiger partial charge < -0.3 is 10.4 Å². The van der Waals surface area contributed by atoms with E-state index >= 15 is 0 Å². The van der Waals surface area contributed by atoms with E-state index in [0.29, 0.717) is 6.54 Å². The Hall–Kier alpha value is -1.69. The van der Waals surface area contributed by atoms with Crippen LogP contribution in [0.4, 0.5) is 0 Å². The lowest BCUT2D eigenvalue weighted by Crippen LogP contribution is -2.19. The van der Waals surface area contributed by atoms with Crippen molar-refractivity contribution in [3.8, 4) is 0 Å². The molecular weight excluding hydrogens is 224 g/mol. The largest absolute Gasteiger partial charge is 0.481 e. The van der Waals surface area contributed by atoms with E-state index in [-0.39, 0.29) is 18.2 Å². The lowest BCUT2D eigenvalue weighted by atomic mass is 10.3. The molecule has 0 radical (unpaired) electrons. The van der Waals surface area contributed by atoms with Gasteiger partial charge in [-0.2, -0.15) is 0 Å². The maximum atomic E-state index is 10.0. The molecular formula is C11H18N2O4. The Balaban J connectivity index is 0.000000318. The van der Waals surface area contributed by atoms with Crippen molar-refractivity contribution in [2.45, 2.75) is 26.2 Å². The molecule has 0 aromatic rings. The molecule has 6 heteroatoms. The van der Waals surface area contributed by atoms with Crippen LogP contribution in [0.2, 0.25) is 0 Å². The lowest BCUT2D eigenvalue weighted by Gasteiger charge is -1.99. The van der Waals surface area contributed by atoms with Gasteiger partial charge in [-0.15, -0.1) is 0 Å². The van der Waals surface area contributed by atoms with E-state index in [1.165, 1.54) is 12.2 Å². The second kappa shape index (κ2) is 9.53. The maximum absolute atomic E-state index is 10.0. The summed E-state index contributed by atoms with van der Waals surface area (Å²) in [4.78, 5) is 30.1. The number of carbonyl (C=O) groups excluding carboxylic acids is 2. The fourth-order valence-electron chi connectivity index (χ4n) is 0.978. The van der Waals surface area contributed by atoms with Crippen molar-refractivity contribution in [1.29, 1.82) is 0 Å². The Labute approximate surface area is 100 Å². The monoisotopic (exact) mass is 242 g/mol. The van der Waals surface area contributed by atoms with Gasteiger partial charge in [0.1, 0.15) is 0 Å². The van der Waals surface area contributed by atoms with E-state index in [9.17, 15) is 14.4 Å². The molecule has 0 saturated heterocycles. The molecule has 3 N–H and O–H groups in total. The average Bonchev–Trinajstić information content (AvgIpc) is 2.63. The Morgan fingerprint density at radius 2 is 1.88 bits per heavy atom. The highest BCUT2D eigenvalue weighted by atomic mass is 16.4. The smallest absolute Gasteiger partial charge is 0.304 e. The van der Waals surface area contributed by atoms with Gasteiger partial charge >= 0.3 is 5.97 Å². The first-order valence-electron chi connectivity index (χ1n) is 5.51. The number of amides is 2. The average molecular weight is 242 g/mol. The molecule has 6 nitrogen and oxygen atoms in total. The number of carboxylic acid groups (broad SMARTS) is 1. The molecule has 0 saturated carbocycles. The van der Waals surface area contributed by atoms with E-state index in [4.69, 9.17) is 5.11 Å². The van der Waals surface area contributed by atoms with Crippen molar-refractivity contribution in [1.82, 2.24) is 10.6 Å². The van der Waals surface area contributed by atoms with E-state index in [2.05, 4.69) is 12.2 Å². The molecule has 1 rings (SSSR count). The van der Waals surface area contributed by atoms with Crippen molar-refractivity contribution in [2.75, 3.05) is 13.1 Å². The molecule has 2 amide bonds. The zero-order chi connectivity index (χ0) is 13.1. The first-order chi connectivity index (χ1) is 8.06. The van der Waals surface area contributed by atoms with Crippen molar-refractivity contribution in [2.24, 2.45) is 0 Å². The Morgan fingerprint density at radius 3 is 2.24 bits per heavy atom. The van der Waals surface area contributed by atoms with Crippen LogP contribution in [0.15, 0.2) is 12.2 Å². The molecule has 0 aromatic heterocycles. The summed E-state index contributed by atoms with van der Waals surface area (Å²) in [5, 5.41) is 13.3. The number of carboxylic acids is 1. The summed E-state index contributed by atoms with van der Waals surface area (Å²) in [6.45, 7) is 3.64. The number of nitrogens with one attached hydrogen (secondary N) is 2. The zero-order valence-electron chi connectivity index (χ0n) is 9.86. The van der Waals surface area contributed by atoms with Gasteiger partial charge in [0, 0.05) is 18.7 Å². The van der Waals surface area contributed by atoms with E-state index < -0.39 is 5.97 Å². The van der Waals surface area contributed by atoms with Crippen LogP contribution in [0, 0.1) is 0 Å². The molecule has 0 spiro atoms. The highest BCUT2D eigenvalue weighted by Crippen LogP contribution is 1.83. The SMILES string of the molecule is CCCCNCCC(=O)O.O=C1C=CC(=O)N1. The van der Waals surface area contributed by atoms with Crippen molar-refractivity contribution >= 4 is 17.8 Å². The number of hydrogen-bond acceptors (Lipinski definition) is 4. The van der Waals surface area contributed by atoms with Crippen molar-refractivity contribution in [3.05, 3.63) is 12.2 Å². The number of hydrogen-bond donors (Lipinski definition) is 3. The summed E-state index contributed by atoms with van der Waals surface area (Å²) in [5.41, 5.74) is 0. The predicted octanol–water partition coefficient (Wildman–Crippen LogP) is 0.0498. The molecule has 0 fully saturated rings. The van der Waals surface area contributed by atoms with Gasteiger partial charge in [0.2, 0.25) is 0 Å². The third-order valence-corrected chi connectivity index (χ3v) is 1.86. The van der Waals surface area contributed by atoms with Crippen LogP contribution in [0.25, 0.3) is 0 Å². The number of aliphatic carboxylic acids is 1. The minimum Gasteiger partial charge on any atom is -0.481 e. The lowest BCUT2D eigenvalue weighted by molar-refractivity contribution is -0.137. The number of rotatable bonds is 6. The second-order valence-electron chi connectivity index (χ2n) is 3.43. The highest BCUT2D eigenvalue weighted by Gasteiger charge is 2.06. The van der Waals surface area contributed by atoms with E-state index in [1.54, 1.807) is 0 Å². The minimum atomic E-state index is -0.732. The Morgan fingerprint density at radius 1 is 1.29 bits per heavy atom. The standard InChI is InChI=1S/C7H15NO2.C4H3NO2/c1-2-3-5-8-6-4-7(9)10;6-3-1-2-4(7)5-3/h8H,2-6H2,1H3,(H,9,10);1-2H,(H,5,6,7). The van der Waals surface area contributed by atoms with Crippen LogP contribution in [0.1, 0.15) is 26.2 Å².